The van der Waals surface area contributed by atoms with E-state index in [1.165, 1.54) is 0 Å². The van der Waals surface area contributed by atoms with Crippen LogP contribution < -0.4 is 5.32 Å². The molecule has 5 nitrogen and oxygen atoms in total. The van der Waals surface area contributed by atoms with E-state index in [0.29, 0.717) is 13.2 Å². The van der Waals surface area contributed by atoms with Crippen LogP contribution in [-0.4, -0.2) is 42.2 Å². The number of hydrogen-bond acceptors (Lipinski definition) is 4. The van der Waals surface area contributed by atoms with Gasteiger partial charge in [-0.2, -0.15) is 5.10 Å². The first-order valence-electron chi connectivity index (χ1n) is 7.55. The molecule has 1 heterocycles. The summed E-state index contributed by atoms with van der Waals surface area (Å²) >= 11 is 3.63. The lowest BCUT2D eigenvalue weighted by Crippen LogP contribution is -2.43. The molecule has 0 radical (unpaired) electrons. The van der Waals surface area contributed by atoms with Crippen LogP contribution in [0.5, 0.6) is 0 Å². The molecular weight excluding hydrogens is 334 g/mol. The van der Waals surface area contributed by atoms with Crippen molar-refractivity contribution in [2.24, 2.45) is 0 Å². The van der Waals surface area contributed by atoms with E-state index in [-0.39, 0.29) is 11.6 Å². The molecule has 0 bridgehead atoms. The maximum Gasteiger partial charge on any atom is 0.0835 e. The second kappa shape index (κ2) is 8.88. The largest absolute Gasteiger partial charge is 0.383 e. The molecule has 1 rings (SSSR count). The number of methoxy groups -OCH3 is 1. The summed E-state index contributed by atoms with van der Waals surface area (Å²) in [6, 6.07) is 0.0612. The van der Waals surface area contributed by atoms with E-state index in [2.05, 4.69) is 47.1 Å². The molecule has 0 fully saturated rings. The molecular formula is C15H28BrN3O2. The van der Waals surface area contributed by atoms with Crippen LogP contribution >= 0.6 is 15.9 Å². The summed E-state index contributed by atoms with van der Waals surface area (Å²) in [4.78, 5) is 0. The molecule has 0 spiro atoms. The van der Waals surface area contributed by atoms with Gasteiger partial charge in [-0.3, -0.25) is 4.68 Å². The second-order valence-corrected chi connectivity index (χ2v) is 6.37. The predicted molar refractivity (Wildman–Crippen MR) is 88.5 cm³/mol. The van der Waals surface area contributed by atoms with Crippen molar-refractivity contribution in [1.29, 1.82) is 0 Å². The van der Waals surface area contributed by atoms with Crippen LogP contribution in [0.2, 0.25) is 0 Å². The number of ether oxygens (including phenoxy) is 2. The van der Waals surface area contributed by atoms with Crippen LogP contribution in [0, 0.1) is 0 Å². The lowest BCUT2D eigenvalue weighted by atomic mass is 9.95. The Kier molecular flexibility index (Phi) is 7.87. The van der Waals surface area contributed by atoms with Gasteiger partial charge in [0.05, 0.1) is 41.2 Å². The van der Waals surface area contributed by atoms with Crippen LogP contribution in [0.15, 0.2) is 10.7 Å². The van der Waals surface area contributed by atoms with Crippen molar-refractivity contribution in [1.82, 2.24) is 15.1 Å². The standard InChI is InChI=1S/C15H28BrN3O2/c1-6-8-17-14(15(3,4)21-7-2)13-12(16)11-18-19(13)9-10-20-5/h11,14,17H,6-10H2,1-5H3. The van der Waals surface area contributed by atoms with Gasteiger partial charge < -0.3 is 14.8 Å². The number of nitrogens with zero attached hydrogens (tertiary/aromatic N) is 2. The minimum atomic E-state index is -0.322. The van der Waals surface area contributed by atoms with Gasteiger partial charge in [0.2, 0.25) is 0 Å². The quantitative estimate of drug-likeness (QED) is 0.695. The Hall–Kier alpha value is -0.430. The smallest absolute Gasteiger partial charge is 0.0835 e. The average Bonchev–Trinajstić information content (AvgIpc) is 2.78. The second-order valence-electron chi connectivity index (χ2n) is 5.52. The first-order valence-corrected chi connectivity index (χ1v) is 8.34. The van der Waals surface area contributed by atoms with Crippen LogP contribution in [-0.2, 0) is 16.0 Å². The fourth-order valence-electron chi connectivity index (χ4n) is 2.43. The molecule has 0 amide bonds. The van der Waals surface area contributed by atoms with Gasteiger partial charge in [-0.15, -0.1) is 0 Å². The Balaban J connectivity index is 3.09. The van der Waals surface area contributed by atoms with Crippen molar-refractivity contribution in [2.45, 2.75) is 52.3 Å². The Morgan fingerprint density at radius 1 is 1.43 bits per heavy atom. The van der Waals surface area contributed by atoms with Gasteiger partial charge in [-0.1, -0.05) is 6.92 Å². The van der Waals surface area contributed by atoms with Gasteiger partial charge in [-0.25, -0.2) is 0 Å². The lowest BCUT2D eigenvalue weighted by molar-refractivity contribution is -0.0415. The van der Waals surface area contributed by atoms with Crippen molar-refractivity contribution >= 4 is 15.9 Å². The van der Waals surface area contributed by atoms with Crippen LogP contribution in [0.1, 0.15) is 45.9 Å². The number of aromatic nitrogens is 2. The van der Waals surface area contributed by atoms with E-state index in [0.717, 1.165) is 29.7 Å². The van der Waals surface area contributed by atoms with Gasteiger partial charge in [0.25, 0.3) is 0 Å². The zero-order chi connectivity index (χ0) is 15.9. The lowest BCUT2D eigenvalue weighted by Gasteiger charge is -2.35. The monoisotopic (exact) mass is 361 g/mol. The fraction of sp³-hybridized carbons (Fsp3) is 0.800. The maximum absolute atomic E-state index is 5.97. The molecule has 0 saturated carbocycles. The predicted octanol–water partition coefficient (Wildman–Crippen LogP) is 3.15. The number of hydrogen-bond donors (Lipinski definition) is 1. The van der Waals surface area contributed by atoms with Crippen molar-refractivity contribution in [2.75, 3.05) is 26.9 Å². The molecule has 0 aliphatic carbocycles. The number of nitrogens with one attached hydrogen (secondary N) is 1. The molecule has 21 heavy (non-hydrogen) atoms. The highest BCUT2D eigenvalue weighted by atomic mass is 79.9. The van der Waals surface area contributed by atoms with Crippen molar-refractivity contribution in [3.05, 3.63) is 16.4 Å². The summed E-state index contributed by atoms with van der Waals surface area (Å²) in [5.41, 5.74) is 0.788. The van der Waals surface area contributed by atoms with Gasteiger partial charge in [-0.05, 0) is 49.7 Å². The van der Waals surface area contributed by atoms with Crippen molar-refractivity contribution < 1.29 is 9.47 Å². The Morgan fingerprint density at radius 3 is 2.71 bits per heavy atom. The summed E-state index contributed by atoms with van der Waals surface area (Å²) in [6.07, 6.45) is 2.91. The van der Waals surface area contributed by atoms with Gasteiger partial charge in [0.1, 0.15) is 0 Å². The minimum absolute atomic E-state index is 0.0612. The highest BCUT2D eigenvalue weighted by Crippen LogP contribution is 2.33. The van der Waals surface area contributed by atoms with Crippen LogP contribution in [0.4, 0.5) is 0 Å². The Labute approximate surface area is 136 Å². The highest BCUT2D eigenvalue weighted by molar-refractivity contribution is 9.10. The van der Waals surface area contributed by atoms with Crippen molar-refractivity contribution in [3.63, 3.8) is 0 Å². The first-order chi connectivity index (χ1) is 9.97. The average molecular weight is 362 g/mol. The summed E-state index contributed by atoms with van der Waals surface area (Å²) < 4.78 is 14.1. The van der Waals surface area contributed by atoms with Crippen molar-refractivity contribution in [3.8, 4) is 0 Å². The summed E-state index contributed by atoms with van der Waals surface area (Å²) in [5.74, 6) is 0. The molecule has 6 heteroatoms. The molecule has 1 aromatic rings. The summed E-state index contributed by atoms with van der Waals surface area (Å²) in [6.45, 7) is 11.4. The summed E-state index contributed by atoms with van der Waals surface area (Å²) in [5, 5.41) is 8.05. The molecule has 1 aromatic heterocycles. The third kappa shape index (κ3) is 5.06. The van der Waals surface area contributed by atoms with Gasteiger partial charge >= 0.3 is 0 Å². The number of rotatable bonds is 10. The third-order valence-electron chi connectivity index (χ3n) is 3.42. The maximum atomic E-state index is 5.97. The molecule has 0 aromatic carbocycles. The van der Waals surface area contributed by atoms with E-state index >= 15 is 0 Å². The van der Waals surface area contributed by atoms with Gasteiger partial charge in [0, 0.05) is 13.7 Å². The SMILES string of the molecule is CCCNC(c1c(Br)cnn1CCOC)C(C)(C)OCC. The van der Waals surface area contributed by atoms with E-state index in [1.54, 1.807) is 7.11 Å². The van der Waals surface area contributed by atoms with E-state index in [1.807, 2.05) is 17.8 Å². The molecule has 1 unspecified atom stereocenters. The fourth-order valence-corrected chi connectivity index (χ4v) is 2.96. The summed E-state index contributed by atoms with van der Waals surface area (Å²) in [7, 11) is 1.70. The highest BCUT2D eigenvalue weighted by Gasteiger charge is 2.35. The Bertz CT molecular complexity index is 421. The zero-order valence-electron chi connectivity index (χ0n) is 13.8. The van der Waals surface area contributed by atoms with E-state index in [4.69, 9.17) is 9.47 Å². The third-order valence-corrected chi connectivity index (χ3v) is 4.03. The molecule has 122 valence electrons. The zero-order valence-corrected chi connectivity index (χ0v) is 15.4. The topological polar surface area (TPSA) is 48.3 Å². The van der Waals surface area contributed by atoms with Gasteiger partial charge in [0.15, 0.2) is 0 Å². The normalized spacial score (nSPS) is 13.6. The van der Waals surface area contributed by atoms with E-state index in [9.17, 15) is 0 Å². The van der Waals surface area contributed by atoms with Crippen LogP contribution in [0.25, 0.3) is 0 Å². The van der Waals surface area contributed by atoms with E-state index < -0.39 is 0 Å². The first kappa shape index (κ1) is 18.6. The molecule has 1 atom stereocenters. The molecule has 1 N–H and O–H groups in total. The molecule has 0 aliphatic heterocycles. The Morgan fingerprint density at radius 2 is 2.14 bits per heavy atom. The minimum Gasteiger partial charge on any atom is -0.383 e. The number of halogens is 1. The molecule has 0 saturated heterocycles. The van der Waals surface area contributed by atoms with Crippen LogP contribution in [0.3, 0.4) is 0 Å². The molecule has 0 aliphatic rings.